The summed E-state index contributed by atoms with van der Waals surface area (Å²) in [4.78, 5) is 30.8. The van der Waals surface area contributed by atoms with E-state index in [1.807, 2.05) is 0 Å². The Bertz CT molecular complexity index is 1020. The summed E-state index contributed by atoms with van der Waals surface area (Å²) in [6.45, 7) is 5.19. The fourth-order valence-electron chi connectivity index (χ4n) is 2.96. The van der Waals surface area contributed by atoms with E-state index in [0.717, 1.165) is 18.2 Å². The lowest BCUT2D eigenvalue weighted by Crippen LogP contribution is -2.32. The Morgan fingerprint density at radius 2 is 1.67 bits per heavy atom. The van der Waals surface area contributed by atoms with Gasteiger partial charge in [-0.1, -0.05) is 52.3 Å². The van der Waals surface area contributed by atoms with E-state index in [9.17, 15) is 29.0 Å². The molecule has 0 aliphatic carbocycles. The molecule has 0 aliphatic rings. The maximum Gasteiger partial charge on any atom is 0.310 e. The van der Waals surface area contributed by atoms with Gasteiger partial charge in [-0.25, -0.2) is 4.98 Å². The van der Waals surface area contributed by atoms with Crippen LogP contribution in [0.1, 0.15) is 43.2 Å². The number of hydrogen-bond donors (Lipinski definition) is 1. The lowest BCUT2D eigenvalue weighted by atomic mass is 9.70. The van der Waals surface area contributed by atoms with Crippen molar-refractivity contribution in [3.8, 4) is 0 Å². The molecule has 0 fully saturated rings. The largest absolute Gasteiger partial charge is 0.348 e. The summed E-state index contributed by atoms with van der Waals surface area (Å²) in [5.41, 5.74) is -1.29. The van der Waals surface area contributed by atoms with Gasteiger partial charge in [0, 0.05) is 32.0 Å². The second-order valence-electron chi connectivity index (χ2n) is 8.01. The summed E-state index contributed by atoms with van der Waals surface area (Å²) in [5.74, 6) is -0.544. The van der Waals surface area contributed by atoms with Crippen LogP contribution in [0.2, 0.25) is 0 Å². The normalized spacial score (nSPS) is 16.5. The van der Waals surface area contributed by atoms with Crippen LogP contribution in [0.15, 0.2) is 40.0 Å². The first kappa shape index (κ1) is 23.8. The highest BCUT2D eigenvalue weighted by molar-refractivity contribution is 8.45. The zero-order valence-electron chi connectivity index (χ0n) is 17.2. The van der Waals surface area contributed by atoms with Gasteiger partial charge in [0.15, 0.2) is 5.78 Å². The van der Waals surface area contributed by atoms with Crippen molar-refractivity contribution in [2.45, 2.75) is 37.5 Å². The maximum atomic E-state index is 13.0. The fourth-order valence-corrected chi connectivity index (χ4v) is 3.61. The van der Waals surface area contributed by atoms with Crippen molar-refractivity contribution in [1.82, 2.24) is 9.97 Å². The van der Waals surface area contributed by atoms with Crippen LogP contribution < -0.4 is 10.5 Å². The van der Waals surface area contributed by atoms with Gasteiger partial charge in [-0.15, -0.1) is 0 Å². The molecule has 1 heterocycles. The number of hydrogen-bond acceptors (Lipinski definition) is 4. The summed E-state index contributed by atoms with van der Waals surface area (Å²) >= 11 is 0. The minimum Gasteiger partial charge on any atom is -0.348 e. The van der Waals surface area contributed by atoms with E-state index >= 15 is 0 Å². The Balaban J connectivity index is 2.45. The molecule has 168 valence electrons. The summed E-state index contributed by atoms with van der Waals surface area (Å²) in [6.07, 6.45) is -0.177. The molecule has 1 aromatic heterocycles. The molecule has 5 nitrogen and oxygen atoms in total. The minimum absolute atomic E-state index is 0.0852. The molecular formula is C19H24F5N3O2S. The highest BCUT2D eigenvalue weighted by Crippen LogP contribution is 3.02. The van der Waals surface area contributed by atoms with Gasteiger partial charge in [0.25, 0.3) is 5.56 Å². The summed E-state index contributed by atoms with van der Waals surface area (Å²) in [6, 6.07) is 3.68. The molecule has 1 unspecified atom stereocenters. The van der Waals surface area contributed by atoms with Gasteiger partial charge < -0.3 is 4.90 Å². The van der Waals surface area contributed by atoms with E-state index in [4.69, 9.17) is 0 Å². The van der Waals surface area contributed by atoms with Crippen LogP contribution in [0.5, 0.6) is 0 Å². The second kappa shape index (κ2) is 6.79. The molecule has 0 saturated heterocycles. The van der Waals surface area contributed by atoms with Gasteiger partial charge in [-0.3, -0.25) is 14.6 Å². The van der Waals surface area contributed by atoms with Gasteiger partial charge in [-0.2, -0.15) is 0 Å². The molecule has 1 N–H and O–H groups in total. The van der Waals surface area contributed by atoms with Crippen LogP contribution in [0.25, 0.3) is 0 Å². The Labute approximate surface area is 171 Å². The lowest BCUT2D eigenvalue weighted by Gasteiger charge is -2.41. The van der Waals surface area contributed by atoms with Crippen molar-refractivity contribution in [3.05, 3.63) is 51.9 Å². The average Bonchev–Trinajstić information content (AvgIpc) is 2.59. The SMILES string of the molecule is CC(C)C(C)(CC(=O)c1cc(=O)[nH]c(N(C)C)n1)c1ccc(S(F)(F)(F)(F)F)cc1. The number of rotatable bonds is 7. The summed E-state index contributed by atoms with van der Waals surface area (Å²) < 4.78 is 65.0. The van der Waals surface area contributed by atoms with Crippen molar-refractivity contribution in [2.75, 3.05) is 19.0 Å². The first-order valence-electron chi connectivity index (χ1n) is 9.00. The van der Waals surface area contributed by atoms with Crippen molar-refractivity contribution >= 4 is 22.0 Å². The highest BCUT2D eigenvalue weighted by Gasteiger charge is 2.65. The lowest BCUT2D eigenvalue weighted by molar-refractivity contribution is 0.0930. The number of ketones is 1. The predicted octanol–water partition coefficient (Wildman–Crippen LogP) is 5.68. The Morgan fingerprint density at radius 1 is 1.13 bits per heavy atom. The van der Waals surface area contributed by atoms with E-state index in [2.05, 4.69) is 9.97 Å². The molecule has 0 radical (unpaired) electrons. The Hall–Kier alpha value is -2.43. The van der Waals surface area contributed by atoms with Gasteiger partial charge in [0.05, 0.1) is 0 Å². The fraction of sp³-hybridized carbons (Fsp3) is 0.421. The van der Waals surface area contributed by atoms with Crippen molar-refractivity contribution in [2.24, 2.45) is 5.92 Å². The summed E-state index contributed by atoms with van der Waals surface area (Å²) in [5, 5.41) is 0. The quantitative estimate of drug-likeness (QED) is 0.433. The third-order valence-electron chi connectivity index (χ3n) is 5.20. The highest BCUT2D eigenvalue weighted by atomic mass is 32.5. The Morgan fingerprint density at radius 3 is 2.10 bits per heavy atom. The minimum atomic E-state index is -9.78. The van der Waals surface area contributed by atoms with Crippen LogP contribution in [0, 0.1) is 5.92 Å². The zero-order chi connectivity index (χ0) is 23.2. The first-order chi connectivity index (χ1) is 13.3. The molecule has 1 atom stereocenters. The van der Waals surface area contributed by atoms with Gasteiger partial charge in [0.1, 0.15) is 10.6 Å². The van der Waals surface area contributed by atoms with Crippen LogP contribution in [0.4, 0.5) is 25.4 Å². The van der Waals surface area contributed by atoms with E-state index in [-0.39, 0.29) is 24.0 Å². The number of aromatic amines is 1. The molecule has 2 rings (SSSR count). The number of carbonyl (C=O) groups is 1. The molecule has 2 aromatic rings. The van der Waals surface area contributed by atoms with Crippen LogP contribution in [-0.2, 0) is 5.41 Å². The zero-order valence-corrected chi connectivity index (χ0v) is 18.0. The molecule has 0 saturated carbocycles. The predicted molar refractivity (Wildman–Crippen MR) is 108 cm³/mol. The monoisotopic (exact) mass is 453 g/mol. The average molecular weight is 453 g/mol. The maximum absolute atomic E-state index is 13.0. The van der Waals surface area contributed by atoms with Crippen molar-refractivity contribution < 1.29 is 24.2 Å². The number of nitrogens with zero attached hydrogens (tertiary/aromatic N) is 2. The molecular weight excluding hydrogens is 429 g/mol. The second-order valence-corrected chi connectivity index (χ2v) is 10.4. The van der Waals surface area contributed by atoms with Gasteiger partial charge in [-0.05, 0) is 23.6 Å². The number of aromatic nitrogens is 2. The van der Waals surface area contributed by atoms with E-state index < -0.39 is 31.9 Å². The van der Waals surface area contributed by atoms with Gasteiger partial charge in [0.2, 0.25) is 5.95 Å². The molecule has 0 aliphatic heterocycles. The van der Waals surface area contributed by atoms with E-state index in [1.165, 1.54) is 4.90 Å². The number of nitrogens with one attached hydrogen (secondary N) is 1. The number of carbonyl (C=O) groups excluding carboxylic acids is 1. The smallest absolute Gasteiger partial charge is 0.310 e. The van der Waals surface area contributed by atoms with Gasteiger partial charge >= 0.3 is 10.2 Å². The van der Waals surface area contributed by atoms with Crippen molar-refractivity contribution in [3.63, 3.8) is 0 Å². The summed E-state index contributed by atoms with van der Waals surface area (Å²) in [7, 11) is -6.52. The van der Waals surface area contributed by atoms with Crippen LogP contribution in [-0.4, -0.2) is 29.8 Å². The molecule has 0 spiro atoms. The van der Waals surface area contributed by atoms with Crippen molar-refractivity contribution in [1.29, 1.82) is 0 Å². The molecule has 1 aromatic carbocycles. The number of benzene rings is 1. The third kappa shape index (κ3) is 5.18. The first-order valence-corrected chi connectivity index (χ1v) is 10.9. The standard InChI is InChI=1S/C19H24F5N3O2S/c1-12(2)19(3,13-6-8-14(9-7-13)30(20,21,22,23)24)11-16(28)15-10-17(29)26-18(25-15)27(4)5/h6-10,12H,11H2,1-5H3,(H,25,26,29). The number of H-pyrrole nitrogens is 1. The number of Topliss-reactive ketones (excluding diaryl/α,β-unsaturated/α-hetero) is 1. The van der Waals surface area contributed by atoms with Crippen LogP contribution in [0.3, 0.4) is 0 Å². The molecule has 30 heavy (non-hydrogen) atoms. The van der Waals surface area contributed by atoms with E-state index in [1.54, 1.807) is 34.9 Å². The molecule has 0 amide bonds. The van der Waals surface area contributed by atoms with Crippen LogP contribution >= 0.6 is 10.2 Å². The topological polar surface area (TPSA) is 66.1 Å². The molecule has 11 heteroatoms. The van der Waals surface area contributed by atoms with E-state index in [0.29, 0.717) is 17.7 Å². The number of anilines is 1. The Kier molecular flexibility index (Phi) is 5.40. The number of halogens is 5. The third-order valence-corrected chi connectivity index (χ3v) is 6.36. The molecule has 0 bridgehead atoms.